The first-order chi connectivity index (χ1) is 18.6. The SMILES string of the molecule is CC(C)(C)S(=O)(=O)NC(=O)c1ccc(N2CCN(Cc3cc(-c4cncc(O)c4)cc(C(F)(F)F)c3)CC2)nn1. The summed E-state index contributed by atoms with van der Waals surface area (Å²) in [6.07, 6.45) is -1.93. The number of amides is 1. The third-order valence-electron chi connectivity index (χ3n) is 6.40. The number of alkyl halides is 3. The van der Waals surface area contributed by atoms with Gasteiger partial charge in [-0.25, -0.2) is 13.1 Å². The van der Waals surface area contributed by atoms with Gasteiger partial charge in [-0.2, -0.15) is 13.2 Å². The van der Waals surface area contributed by atoms with Crippen LogP contribution in [0.4, 0.5) is 19.0 Å². The van der Waals surface area contributed by atoms with Crippen LogP contribution < -0.4 is 9.62 Å². The van der Waals surface area contributed by atoms with Crippen molar-refractivity contribution in [2.45, 2.75) is 38.2 Å². The molecule has 2 N–H and O–H groups in total. The van der Waals surface area contributed by atoms with Gasteiger partial charge in [0, 0.05) is 44.5 Å². The number of carbonyl (C=O) groups excluding carboxylic acids is 1. The molecule has 40 heavy (non-hydrogen) atoms. The van der Waals surface area contributed by atoms with Crippen LogP contribution in [-0.4, -0.2) is 70.4 Å². The highest BCUT2D eigenvalue weighted by atomic mass is 32.2. The summed E-state index contributed by atoms with van der Waals surface area (Å²) in [6, 6.07) is 8.16. The fourth-order valence-corrected chi connectivity index (χ4v) is 4.69. The summed E-state index contributed by atoms with van der Waals surface area (Å²) in [7, 11) is -3.90. The van der Waals surface area contributed by atoms with Crippen LogP contribution in [0.1, 0.15) is 42.4 Å². The Morgan fingerprint density at radius 3 is 2.25 bits per heavy atom. The molecular weight excluding hydrogens is 549 g/mol. The van der Waals surface area contributed by atoms with Crippen LogP contribution in [0.3, 0.4) is 0 Å². The van der Waals surface area contributed by atoms with E-state index in [0.717, 1.165) is 12.1 Å². The maximum atomic E-state index is 13.6. The number of rotatable bonds is 6. The van der Waals surface area contributed by atoms with Crippen LogP contribution in [0.25, 0.3) is 11.1 Å². The second-order valence-corrected chi connectivity index (χ2v) is 12.9. The zero-order valence-electron chi connectivity index (χ0n) is 22.1. The van der Waals surface area contributed by atoms with Gasteiger partial charge in [-0.1, -0.05) is 0 Å². The highest BCUT2D eigenvalue weighted by Gasteiger charge is 2.33. The molecule has 0 atom stereocenters. The van der Waals surface area contributed by atoms with Crippen molar-refractivity contribution in [1.82, 2.24) is 24.8 Å². The van der Waals surface area contributed by atoms with E-state index in [-0.39, 0.29) is 18.0 Å². The molecule has 1 amide bonds. The maximum absolute atomic E-state index is 13.6. The number of benzene rings is 1. The number of pyridine rings is 1. The lowest BCUT2D eigenvalue weighted by Gasteiger charge is -2.35. The summed E-state index contributed by atoms with van der Waals surface area (Å²) in [5, 5.41) is 17.7. The maximum Gasteiger partial charge on any atom is 0.416 e. The van der Waals surface area contributed by atoms with E-state index in [2.05, 4.69) is 15.2 Å². The van der Waals surface area contributed by atoms with E-state index in [0.29, 0.717) is 48.7 Å². The van der Waals surface area contributed by atoms with Crippen molar-refractivity contribution in [2.24, 2.45) is 0 Å². The smallest absolute Gasteiger partial charge is 0.416 e. The lowest BCUT2D eigenvalue weighted by atomic mass is 10.00. The Morgan fingerprint density at radius 2 is 1.68 bits per heavy atom. The van der Waals surface area contributed by atoms with Crippen LogP contribution in [0.15, 0.2) is 48.8 Å². The van der Waals surface area contributed by atoms with Gasteiger partial charge < -0.3 is 10.0 Å². The van der Waals surface area contributed by atoms with E-state index in [1.54, 1.807) is 12.1 Å². The Kier molecular flexibility index (Phi) is 8.04. The first-order valence-electron chi connectivity index (χ1n) is 12.4. The predicted molar refractivity (Wildman–Crippen MR) is 142 cm³/mol. The number of sulfonamides is 1. The van der Waals surface area contributed by atoms with E-state index < -0.39 is 32.4 Å². The number of aromatic hydroxyl groups is 1. The number of nitrogens with zero attached hydrogens (tertiary/aromatic N) is 5. The summed E-state index contributed by atoms with van der Waals surface area (Å²) in [5.41, 5.74) is 0.238. The second-order valence-electron chi connectivity index (χ2n) is 10.4. The lowest BCUT2D eigenvalue weighted by Crippen LogP contribution is -2.46. The van der Waals surface area contributed by atoms with Gasteiger partial charge >= 0.3 is 6.18 Å². The molecule has 2 aromatic heterocycles. The van der Waals surface area contributed by atoms with E-state index in [9.17, 15) is 31.5 Å². The standard InChI is InChI=1S/C26H29F3N6O4S/c1-25(2,3)40(38,39)33-24(37)22-4-5-23(32-31-22)35-8-6-34(7-9-35)16-17-10-18(12-20(11-17)26(27,28)29)19-13-21(36)15-30-14-19/h4-5,10-15,36H,6-9,16H2,1-3H3,(H,33,37). The first kappa shape index (κ1) is 29.2. The van der Waals surface area contributed by atoms with Gasteiger partial charge in [0.25, 0.3) is 5.91 Å². The molecule has 1 aliphatic heterocycles. The fourth-order valence-electron chi connectivity index (χ4n) is 4.03. The molecule has 0 spiro atoms. The molecule has 1 fully saturated rings. The number of nitrogens with one attached hydrogen (secondary N) is 1. The number of aromatic nitrogens is 3. The summed E-state index contributed by atoms with van der Waals surface area (Å²) in [4.78, 5) is 20.1. The highest BCUT2D eigenvalue weighted by Crippen LogP contribution is 2.34. The Labute approximate surface area is 229 Å². The number of anilines is 1. The molecule has 0 bridgehead atoms. The molecule has 1 aliphatic rings. The molecule has 0 aliphatic carbocycles. The summed E-state index contributed by atoms with van der Waals surface area (Å²) in [5.74, 6) is -0.521. The molecule has 10 nitrogen and oxygen atoms in total. The third-order valence-corrected chi connectivity index (χ3v) is 8.46. The van der Waals surface area contributed by atoms with Crippen molar-refractivity contribution in [3.05, 3.63) is 65.6 Å². The van der Waals surface area contributed by atoms with E-state index >= 15 is 0 Å². The lowest BCUT2D eigenvalue weighted by molar-refractivity contribution is -0.137. The average Bonchev–Trinajstić information content (AvgIpc) is 2.88. The van der Waals surface area contributed by atoms with Crippen molar-refractivity contribution in [1.29, 1.82) is 0 Å². The number of hydrogen-bond acceptors (Lipinski definition) is 9. The van der Waals surface area contributed by atoms with E-state index in [1.165, 1.54) is 45.3 Å². The number of halogens is 3. The monoisotopic (exact) mass is 578 g/mol. The molecule has 0 unspecified atom stereocenters. The Bertz CT molecular complexity index is 1480. The molecule has 3 heterocycles. The first-order valence-corrected chi connectivity index (χ1v) is 13.8. The topological polar surface area (TPSA) is 129 Å². The van der Waals surface area contributed by atoms with Crippen molar-refractivity contribution < 1.29 is 31.5 Å². The quantitative estimate of drug-likeness (QED) is 0.452. The fraction of sp³-hybridized carbons (Fsp3) is 0.385. The number of carbonyl (C=O) groups is 1. The Morgan fingerprint density at radius 1 is 0.975 bits per heavy atom. The number of piperazine rings is 1. The molecule has 214 valence electrons. The predicted octanol–water partition coefficient (Wildman–Crippen LogP) is 3.44. The van der Waals surface area contributed by atoms with Gasteiger partial charge in [-0.15, -0.1) is 10.2 Å². The summed E-state index contributed by atoms with van der Waals surface area (Å²) in [6.45, 7) is 6.78. The molecule has 3 aromatic rings. The van der Waals surface area contributed by atoms with Crippen molar-refractivity contribution in [3.63, 3.8) is 0 Å². The number of hydrogen-bond donors (Lipinski definition) is 2. The normalized spacial score (nSPS) is 15.2. The van der Waals surface area contributed by atoms with Crippen LogP contribution in [0.5, 0.6) is 5.75 Å². The third kappa shape index (κ3) is 6.86. The molecule has 14 heteroatoms. The van der Waals surface area contributed by atoms with E-state index in [1.807, 2.05) is 14.5 Å². The minimum Gasteiger partial charge on any atom is -0.506 e. The molecular formula is C26H29F3N6O4S. The van der Waals surface area contributed by atoms with E-state index in [4.69, 9.17) is 0 Å². The van der Waals surface area contributed by atoms with Gasteiger partial charge in [0.05, 0.1) is 16.5 Å². The molecule has 0 radical (unpaired) electrons. The summed E-state index contributed by atoms with van der Waals surface area (Å²) < 4.78 is 66.1. The molecule has 1 saturated heterocycles. The van der Waals surface area contributed by atoms with Crippen LogP contribution >= 0.6 is 0 Å². The highest BCUT2D eigenvalue weighted by molar-refractivity contribution is 7.91. The minimum absolute atomic E-state index is 0.140. The van der Waals surface area contributed by atoms with Gasteiger partial charge in [-0.3, -0.25) is 14.7 Å². The molecule has 1 aromatic carbocycles. The second kappa shape index (κ2) is 11.0. The van der Waals surface area contributed by atoms with Crippen molar-refractivity contribution in [2.75, 3.05) is 31.1 Å². The zero-order chi connectivity index (χ0) is 29.3. The zero-order valence-corrected chi connectivity index (χ0v) is 22.9. The van der Waals surface area contributed by atoms with Crippen molar-refractivity contribution >= 4 is 21.7 Å². The Hall–Kier alpha value is -3.78. The minimum atomic E-state index is -4.54. The molecule has 4 rings (SSSR count). The largest absolute Gasteiger partial charge is 0.506 e. The Balaban J connectivity index is 1.41. The van der Waals surface area contributed by atoms with Gasteiger partial charge in [-0.05, 0) is 68.3 Å². The van der Waals surface area contributed by atoms with Crippen LogP contribution in [-0.2, 0) is 22.7 Å². The van der Waals surface area contributed by atoms with Crippen LogP contribution in [0.2, 0.25) is 0 Å². The van der Waals surface area contributed by atoms with Crippen molar-refractivity contribution in [3.8, 4) is 16.9 Å². The van der Waals surface area contributed by atoms with Gasteiger partial charge in [0.1, 0.15) is 5.75 Å². The van der Waals surface area contributed by atoms with Gasteiger partial charge in [0.2, 0.25) is 10.0 Å². The van der Waals surface area contributed by atoms with Crippen LogP contribution in [0, 0.1) is 0 Å². The summed E-state index contributed by atoms with van der Waals surface area (Å²) >= 11 is 0. The molecule has 0 saturated carbocycles. The van der Waals surface area contributed by atoms with Gasteiger partial charge in [0.15, 0.2) is 11.5 Å². The average molecular weight is 579 g/mol.